The number of benzene rings is 1. The van der Waals surface area contributed by atoms with E-state index in [1.807, 2.05) is 0 Å². The molecule has 0 heterocycles. The molecule has 15 heavy (non-hydrogen) atoms. The molecule has 0 spiro atoms. The van der Waals surface area contributed by atoms with E-state index >= 15 is 0 Å². The SMILES string of the molecule is N[C@H](CO)c1ccc(OC(F)F)cc1F. The molecule has 6 heteroatoms. The third-order valence-electron chi connectivity index (χ3n) is 1.79. The van der Waals surface area contributed by atoms with E-state index in [9.17, 15) is 13.2 Å². The van der Waals surface area contributed by atoms with Crippen LogP contribution in [0.3, 0.4) is 0 Å². The third-order valence-corrected chi connectivity index (χ3v) is 1.79. The van der Waals surface area contributed by atoms with Gasteiger partial charge in [-0.15, -0.1) is 0 Å². The summed E-state index contributed by atoms with van der Waals surface area (Å²) in [4.78, 5) is 0. The van der Waals surface area contributed by atoms with Crippen LogP contribution in [0.25, 0.3) is 0 Å². The van der Waals surface area contributed by atoms with E-state index in [4.69, 9.17) is 10.8 Å². The number of hydrogen-bond donors (Lipinski definition) is 2. The molecular weight excluding hydrogens is 211 g/mol. The zero-order valence-corrected chi connectivity index (χ0v) is 7.66. The highest BCUT2D eigenvalue weighted by atomic mass is 19.3. The smallest absolute Gasteiger partial charge is 0.387 e. The van der Waals surface area contributed by atoms with Crippen molar-refractivity contribution in [3.05, 3.63) is 29.6 Å². The third kappa shape index (κ3) is 3.10. The summed E-state index contributed by atoms with van der Waals surface area (Å²) >= 11 is 0. The molecule has 0 fully saturated rings. The average Bonchev–Trinajstić information content (AvgIpc) is 2.16. The monoisotopic (exact) mass is 221 g/mol. The van der Waals surface area contributed by atoms with E-state index in [0.29, 0.717) is 0 Å². The van der Waals surface area contributed by atoms with Gasteiger partial charge in [-0.05, 0) is 6.07 Å². The first-order valence-electron chi connectivity index (χ1n) is 4.15. The molecule has 84 valence electrons. The van der Waals surface area contributed by atoms with Crippen LogP contribution in [0.15, 0.2) is 18.2 Å². The Labute approximate surface area is 84.3 Å². The highest BCUT2D eigenvalue weighted by molar-refractivity contribution is 5.30. The molecule has 0 aliphatic heterocycles. The number of alkyl halides is 2. The van der Waals surface area contributed by atoms with E-state index in [1.54, 1.807) is 0 Å². The van der Waals surface area contributed by atoms with Gasteiger partial charge in [-0.3, -0.25) is 0 Å². The Morgan fingerprint density at radius 1 is 1.40 bits per heavy atom. The van der Waals surface area contributed by atoms with Gasteiger partial charge in [0.2, 0.25) is 0 Å². The lowest BCUT2D eigenvalue weighted by Crippen LogP contribution is -2.16. The first kappa shape index (κ1) is 11.8. The largest absolute Gasteiger partial charge is 0.435 e. The predicted molar refractivity (Wildman–Crippen MR) is 47.0 cm³/mol. The Morgan fingerprint density at radius 2 is 2.07 bits per heavy atom. The van der Waals surface area contributed by atoms with Crippen LogP contribution in [0.4, 0.5) is 13.2 Å². The zero-order chi connectivity index (χ0) is 11.4. The number of nitrogens with two attached hydrogens (primary N) is 1. The minimum absolute atomic E-state index is 0.0547. The van der Waals surface area contributed by atoms with Crippen molar-refractivity contribution in [2.24, 2.45) is 5.73 Å². The molecule has 0 saturated heterocycles. The Hall–Kier alpha value is -1.27. The lowest BCUT2D eigenvalue weighted by atomic mass is 10.1. The van der Waals surface area contributed by atoms with Crippen molar-refractivity contribution in [1.29, 1.82) is 0 Å². The zero-order valence-electron chi connectivity index (χ0n) is 7.66. The fraction of sp³-hybridized carbons (Fsp3) is 0.333. The molecule has 1 atom stereocenters. The quantitative estimate of drug-likeness (QED) is 0.808. The molecule has 0 aliphatic rings. The maximum absolute atomic E-state index is 13.2. The molecule has 0 radical (unpaired) electrons. The summed E-state index contributed by atoms with van der Waals surface area (Å²) in [5, 5.41) is 8.68. The lowest BCUT2D eigenvalue weighted by molar-refractivity contribution is -0.0500. The van der Waals surface area contributed by atoms with Crippen molar-refractivity contribution in [3.63, 3.8) is 0 Å². The average molecular weight is 221 g/mol. The summed E-state index contributed by atoms with van der Waals surface area (Å²) in [6, 6.07) is 2.30. The van der Waals surface area contributed by atoms with Crippen LogP contribution in [0, 0.1) is 5.82 Å². The lowest BCUT2D eigenvalue weighted by Gasteiger charge is -2.11. The second-order valence-corrected chi connectivity index (χ2v) is 2.85. The number of halogens is 3. The van der Waals surface area contributed by atoms with Gasteiger partial charge < -0.3 is 15.6 Å². The van der Waals surface area contributed by atoms with Crippen molar-refractivity contribution < 1.29 is 23.0 Å². The van der Waals surface area contributed by atoms with Gasteiger partial charge in [-0.1, -0.05) is 6.07 Å². The Bertz CT molecular complexity index is 333. The Morgan fingerprint density at radius 3 is 2.53 bits per heavy atom. The van der Waals surface area contributed by atoms with Gasteiger partial charge in [0.05, 0.1) is 12.6 Å². The van der Waals surface area contributed by atoms with Gasteiger partial charge in [0.25, 0.3) is 0 Å². The molecule has 1 aromatic rings. The number of ether oxygens (including phenoxy) is 1. The maximum atomic E-state index is 13.2. The van der Waals surface area contributed by atoms with Crippen molar-refractivity contribution in [1.82, 2.24) is 0 Å². The highest BCUT2D eigenvalue weighted by Crippen LogP contribution is 2.21. The van der Waals surface area contributed by atoms with E-state index in [2.05, 4.69) is 4.74 Å². The van der Waals surface area contributed by atoms with E-state index in [0.717, 1.165) is 6.07 Å². The molecule has 0 aromatic heterocycles. The molecule has 1 rings (SSSR count). The Balaban J connectivity index is 2.88. The first-order chi connectivity index (χ1) is 7.04. The fourth-order valence-electron chi connectivity index (χ4n) is 1.08. The van der Waals surface area contributed by atoms with Gasteiger partial charge in [-0.25, -0.2) is 4.39 Å². The van der Waals surface area contributed by atoms with Crippen molar-refractivity contribution >= 4 is 0 Å². The summed E-state index contributed by atoms with van der Waals surface area (Å²) in [5.41, 5.74) is 5.42. The van der Waals surface area contributed by atoms with Crippen LogP contribution in [0.5, 0.6) is 5.75 Å². The summed E-state index contributed by atoms with van der Waals surface area (Å²) in [6.45, 7) is -3.42. The van der Waals surface area contributed by atoms with Crippen LogP contribution < -0.4 is 10.5 Å². The second-order valence-electron chi connectivity index (χ2n) is 2.85. The van der Waals surface area contributed by atoms with Crippen LogP contribution in [-0.4, -0.2) is 18.3 Å². The number of aliphatic hydroxyl groups is 1. The standard InChI is InChI=1S/C9H10F3NO2/c10-7-3-5(15-9(11)12)1-2-6(7)8(13)4-14/h1-3,8-9,14H,4,13H2/t8-/m1/s1. The van der Waals surface area contributed by atoms with Crippen LogP contribution in [0.1, 0.15) is 11.6 Å². The predicted octanol–water partition coefficient (Wildman–Crippen LogP) is 1.42. The summed E-state index contributed by atoms with van der Waals surface area (Å²) in [6.07, 6.45) is 0. The topological polar surface area (TPSA) is 55.5 Å². The summed E-state index contributed by atoms with van der Waals surface area (Å²) < 4.78 is 40.7. The molecular formula is C9H10F3NO2. The van der Waals surface area contributed by atoms with Crippen LogP contribution >= 0.6 is 0 Å². The van der Waals surface area contributed by atoms with Crippen molar-refractivity contribution in [2.75, 3.05) is 6.61 Å². The van der Waals surface area contributed by atoms with Gasteiger partial charge in [0.15, 0.2) is 0 Å². The molecule has 0 amide bonds. The number of rotatable bonds is 4. The highest BCUT2D eigenvalue weighted by Gasteiger charge is 2.12. The number of aliphatic hydroxyl groups excluding tert-OH is 1. The molecule has 1 aromatic carbocycles. The molecule has 0 saturated carbocycles. The van der Waals surface area contributed by atoms with Gasteiger partial charge in [0.1, 0.15) is 11.6 Å². The van der Waals surface area contributed by atoms with Gasteiger partial charge >= 0.3 is 6.61 Å². The minimum atomic E-state index is -3.00. The summed E-state index contributed by atoms with van der Waals surface area (Å²) in [7, 11) is 0. The number of hydrogen-bond acceptors (Lipinski definition) is 3. The maximum Gasteiger partial charge on any atom is 0.387 e. The Kier molecular flexibility index (Phi) is 3.93. The van der Waals surface area contributed by atoms with Gasteiger partial charge in [-0.2, -0.15) is 8.78 Å². The van der Waals surface area contributed by atoms with E-state index in [1.165, 1.54) is 12.1 Å². The van der Waals surface area contributed by atoms with Crippen LogP contribution in [0.2, 0.25) is 0 Å². The molecule has 3 N–H and O–H groups in total. The molecule has 0 aliphatic carbocycles. The van der Waals surface area contributed by atoms with Crippen molar-refractivity contribution in [2.45, 2.75) is 12.7 Å². The molecule has 0 unspecified atom stereocenters. The summed E-state index contributed by atoms with van der Waals surface area (Å²) in [5.74, 6) is -1.06. The normalized spacial score (nSPS) is 12.9. The van der Waals surface area contributed by atoms with E-state index < -0.39 is 25.1 Å². The molecule has 3 nitrogen and oxygen atoms in total. The van der Waals surface area contributed by atoms with E-state index in [-0.39, 0.29) is 11.3 Å². The fourth-order valence-corrected chi connectivity index (χ4v) is 1.08. The second kappa shape index (κ2) is 4.99. The van der Waals surface area contributed by atoms with Crippen LogP contribution in [-0.2, 0) is 0 Å². The van der Waals surface area contributed by atoms with Gasteiger partial charge in [0, 0.05) is 11.6 Å². The first-order valence-corrected chi connectivity index (χ1v) is 4.15. The van der Waals surface area contributed by atoms with Crippen molar-refractivity contribution in [3.8, 4) is 5.75 Å². The minimum Gasteiger partial charge on any atom is -0.435 e. The molecule has 0 bridgehead atoms.